The molecule has 0 bridgehead atoms. The van der Waals surface area contributed by atoms with Crippen molar-refractivity contribution in [1.29, 1.82) is 0 Å². The van der Waals surface area contributed by atoms with E-state index in [-0.39, 0.29) is 18.7 Å². The molecule has 0 N–H and O–H groups in total. The molecule has 21 heavy (non-hydrogen) atoms. The predicted octanol–water partition coefficient (Wildman–Crippen LogP) is 1.43. The topological polar surface area (TPSA) is 72.9 Å². The average Bonchev–Trinajstić information content (AvgIpc) is 2.74. The third-order valence-electron chi connectivity index (χ3n) is 3.40. The minimum absolute atomic E-state index is 0.0197. The molecule has 1 aliphatic heterocycles. The summed E-state index contributed by atoms with van der Waals surface area (Å²) in [6.45, 7) is 0.0197. The number of carbonyl (C=O) groups excluding carboxylic acids is 1. The van der Waals surface area contributed by atoms with Crippen molar-refractivity contribution >= 4 is 27.6 Å². The van der Waals surface area contributed by atoms with Gasteiger partial charge in [0.05, 0.1) is 20.0 Å². The Kier molecular flexibility index (Phi) is 4.75. The Hall–Kier alpha value is -1.31. The molecule has 1 aromatic rings. The van der Waals surface area contributed by atoms with Gasteiger partial charge in [-0.05, 0) is 24.6 Å². The number of ether oxygens (including phenoxy) is 2. The molecule has 0 amide bonds. The van der Waals surface area contributed by atoms with Gasteiger partial charge in [-0.2, -0.15) is 4.31 Å². The lowest BCUT2D eigenvalue weighted by Crippen LogP contribution is -2.38. The molecule has 116 valence electrons. The zero-order chi connectivity index (χ0) is 15.6. The lowest BCUT2D eigenvalue weighted by atomic mass is 10.1. The van der Waals surface area contributed by atoms with Gasteiger partial charge in [-0.25, -0.2) is 8.42 Å². The Balaban J connectivity index is 2.35. The number of nitrogens with zero attached hydrogens (tertiary/aromatic N) is 1. The van der Waals surface area contributed by atoms with Crippen molar-refractivity contribution in [2.24, 2.45) is 0 Å². The van der Waals surface area contributed by atoms with E-state index in [1.807, 2.05) is 0 Å². The van der Waals surface area contributed by atoms with Crippen LogP contribution in [-0.2, 0) is 26.1 Å². The summed E-state index contributed by atoms with van der Waals surface area (Å²) < 4.78 is 35.3. The highest BCUT2D eigenvalue weighted by Crippen LogP contribution is 2.29. The van der Waals surface area contributed by atoms with Crippen molar-refractivity contribution in [3.63, 3.8) is 0 Å². The third-order valence-corrected chi connectivity index (χ3v) is 5.48. The second-order valence-corrected chi connectivity index (χ2v) is 7.12. The van der Waals surface area contributed by atoms with Crippen LogP contribution < -0.4 is 4.74 Å². The van der Waals surface area contributed by atoms with E-state index < -0.39 is 22.0 Å². The molecule has 0 spiro atoms. The maximum Gasteiger partial charge on any atom is 0.324 e. The minimum Gasteiger partial charge on any atom is -0.496 e. The molecule has 0 radical (unpaired) electrons. The van der Waals surface area contributed by atoms with Gasteiger partial charge in [0.1, 0.15) is 11.8 Å². The van der Waals surface area contributed by atoms with E-state index in [9.17, 15) is 13.2 Å². The first-order valence-electron chi connectivity index (χ1n) is 6.29. The molecular formula is C13H16ClNO5S. The van der Waals surface area contributed by atoms with Crippen LogP contribution in [0.4, 0.5) is 0 Å². The fraction of sp³-hybridized carbons (Fsp3) is 0.462. The molecule has 0 aromatic heterocycles. The molecule has 1 atom stereocenters. The molecule has 2 rings (SSSR count). The standard InChI is InChI=1S/C13H16ClNO5S/c1-19-12-4-3-10(14)7-9(12)8-15-11(13(16)20-2)5-6-21(15,17)18/h3-4,7,11H,5-6,8H2,1-2H3/t11-/m0/s1. The molecule has 0 saturated carbocycles. The summed E-state index contributed by atoms with van der Waals surface area (Å²) in [6, 6.07) is 4.14. The fourth-order valence-corrected chi connectivity index (χ4v) is 4.20. The summed E-state index contributed by atoms with van der Waals surface area (Å²) >= 11 is 5.94. The summed E-state index contributed by atoms with van der Waals surface area (Å²) in [7, 11) is -0.763. The normalized spacial score (nSPS) is 21.2. The monoisotopic (exact) mass is 333 g/mol. The second-order valence-electron chi connectivity index (χ2n) is 4.65. The van der Waals surface area contributed by atoms with Gasteiger partial charge < -0.3 is 9.47 Å². The Labute approximate surface area is 128 Å². The van der Waals surface area contributed by atoms with Crippen molar-refractivity contribution in [3.8, 4) is 5.75 Å². The smallest absolute Gasteiger partial charge is 0.324 e. The highest BCUT2D eigenvalue weighted by molar-refractivity contribution is 7.89. The van der Waals surface area contributed by atoms with Gasteiger partial charge in [0.15, 0.2) is 0 Å². The SMILES string of the molecule is COC(=O)[C@@H]1CCS(=O)(=O)N1Cc1cc(Cl)ccc1OC. The van der Waals surface area contributed by atoms with E-state index in [1.165, 1.54) is 14.2 Å². The molecule has 0 unspecified atom stereocenters. The molecular weight excluding hydrogens is 318 g/mol. The Bertz CT molecular complexity index is 646. The number of sulfonamides is 1. The molecule has 1 fully saturated rings. The van der Waals surface area contributed by atoms with E-state index in [1.54, 1.807) is 18.2 Å². The van der Waals surface area contributed by atoms with Crippen LogP contribution in [0.2, 0.25) is 5.02 Å². The molecule has 1 heterocycles. The van der Waals surface area contributed by atoms with Gasteiger partial charge in [-0.15, -0.1) is 0 Å². The van der Waals surface area contributed by atoms with E-state index in [0.29, 0.717) is 16.3 Å². The number of methoxy groups -OCH3 is 2. The van der Waals surface area contributed by atoms with Gasteiger partial charge in [0, 0.05) is 17.1 Å². The Morgan fingerprint density at radius 2 is 2.14 bits per heavy atom. The number of halogens is 1. The van der Waals surface area contributed by atoms with E-state index in [4.69, 9.17) is 16.3 Å². The van der Waals surface area contributed by atoms with E-state index >= 15 is 0 Å². The Morgan fingerprint density at radius 1 is 1.43 bits per heavy atom. The van der Waals surface area contributed by atoms with Crippen LogP contribution in [-0.4, -0.2) is 44.7 Å². The van der Waals surface area contributed by atoms with Gasteiger partial charge in [-0.1, -0.05) is 11.6 Å². The number of carbonyl (C=O) groups is 1. The highest BCUT2D eigenvalue weighted by atomic mass is 35.5. The number of benzene rings is 1. The largest absolute Gasteiger partial charge is 0.496 e. The molecule has 1 saturated heterocycles. The van der Waals surface area contributed by atoms with Crippen LogP contribution in [0.5, 0.6) is 5.75 Å². The molecule has 6 nitrogen and oxygen atoms in total. The van der Waals surface area contributed by atoms with Crippen LogP contribution in [0.25, 0.3) is 0 Å². The van der Waals surface area contributed by atoms with Crippen molar-refractivity contribution < 1.29 is 22.7 Å². The first-order valence-corrected chi connectivity index (χ1v) is 8.27. The zero-order valence-electron chi connectivity index (χ0n) is 11.7. The second kappa shape index (κ2) is 6.21. The maximum absolute atomic E-state index is 12.1. The number of rotatable bonds is 4. The van der Waals surface area contributed by atoms with Crippen LogP contribution in [0.3, 0.4) is 0 Å². The summed E-state index contributed by atoms with van der Waals surface area (Å²) in [5.41, 5.74) is 0.601. The van der Waals surface area contributed by atoms with Crippen molar-refractivity contribution in [1.82, 2.24) is 4.31 Å². The lowest BCUT2D eigenvalue weighted by Gasteiger charge is -2.22. The van der Waals surface area contributed by atoms with Gasteiger partial charge in [0.2, 0.25) is 10.0 Å². The highest BCUT2D eigenvalue weighted by Gasteiger charge is 2.42. The summed E-state index contributed by atoms with van der Waals surface area (Å²) in [6.07, 6.45) is 0.220. The van der Waals surface area contributed by atoms with Gasteiger partial charge in [0.25, 0.3) is 0 Å². The number of hydrogen-bond donors (Lipinski definition) is 0. The van der Waals surface area contributed by atoms with E-state index in [2.05, 4.69) is 4.74 Å². The quantitative estimate of drug-likeness (QED) is 0.779. The lowest BCUT2D eigenvalue weighted by molar-refractivity contribution is -0.144. The number of esters is 1. The van der Waals surface area contributed by atoms with Crippen molar-refractivity contribution in [3.05, 3.63) is 28.8 Å². The fourth-order valence-electron chi connectivity index (χ4n) is 2.33. The predicted molar refractivity (Wildman–Crippen MR) is 77.8 cm³/mol. The zero-order valence-corrected chi connectivity index (χ0v) is 13.3. The molecule has 8 heteroatoms. The van der Waals surface area contributed by atoms with Gasteiger partial charge in [-0.3, -0.25) is 4.79 Å². The maximum atomic E-state index is 12.1. The van der Waals surface area contributed by atoms with Crippen LogP contribution in [0.1, 0.15) is 12.0 Å². The summed E-state index contributed by atoms with van der Waals surface area (Å²) in [5, 5.41) is 0.469. The molecule has 1 aromatic carbocycles. The van der Waals surface area contributed by atoms with Crippen LogP contribution in [0.15, 0.2) is 18.2 Å². The first kappa shape index (κ1) is 16.1. The summed E-state index contributed by atoms with van der Waals surface area (Å²) in [5.74, 6) is -0.113. The summed E-state index contributed by atoms with van der Waals surface area (Å²) in [4.78, 5) is 11.7. The minimum atomic E-state index is -3.49. The van der Waals surface area contributed by atoms with Crippen LogP contribution >= 0.6 is 11.6 Å². The van der Waals surface area contributed by atoms with Crippen molar-refractivity contribution in [2.75, 3.05) is 20.0 Å². The van der Waals surface area contributed by atoms with Crippen molar-refractivity contribution in [2.45, 2.75) is 19.0 Å². The third kappa shape index (κ3) is 3.30. The first-order chi connectivity index (χ1) is 9.89. The molecule has 1 aliphatic rings. The Morgan fingerprint density at radius 3 is 2.76 bits per heavy atom. The van der Waals surface area contributed by atoms with Crippen LogP contribution in [0, 0.1) is 0 Å². The average molecular weight is 334 g/mol. The number of hydrogen-bond acceptors (Lipinski definition) is 5. The molecule has 0 aliphatic carbocycles. The van der Waals surface area contributed by atoms with E-state index in [0.717, 1.165) is 4.31 Å². The van der Waals surface area contributed by atoms with Gasteiger partial charge >= 0.3 is 5.97 Å².